The van der Waals surface area contributed by atoms with Gasteiger partial charge in [-0.1, -0.05) is 13.0 Å². The number of rotatable bonds is 5. The first-order valence-electron chi connectivity index (χ1n) is 8.87. The van der Waals surface area contributed by atoms with E-state index in [2.05, 4.69) is 12.2 Å². The lowest BCUT2D eigenvalue weighted by molar-refractivity contribution is -0.134. The Kier molecular flexibility index (Phi) is 6.56. The fourth-order valence-electron chi connectivity index (χ4n) is 3.32. The van der Waals surface area contributed by atoms with Crippen molar-refractivity contribution in [2.75, 3.05) is 23.3 Å². The Hall–Kier alpha value is -2.37. The molecule has 6 heteroatoms. The lowest BCUT2D eigenvalue weighted by Gasteiger charge is -2.36. The van der Waals surface area contributed by atoms with Gasteiger partial charge in [-0.3, -0.25) is 14.4 Å². The molecule has 0 aliphatic carbocycles. The molecule has 6 nitrogen and oxygen atoms in total. The Morgan fingerprint density at radius 2 is 2.00 bits per heavy atom. The highest BCUT2D eigenvalue weighted by Gasteiger charge is 2.27. The maximum Gasteiger partial charge on any atom is 0.242 e. The monoisotopic (exact) mass is 345 g/mol. The largest absolute Gasteiger partial charge is 0.338 e. The van der Waals surface area contributed by atoms with Gasteiger partial charge in [-0.05, 0) is 43.9 Å². The van der Waals surface area contributed by atoms with Crippen LogP contribution in [0.4, 0.5) is 11.4 Å². The molecule has 1 saturated heterocycles. The summed E-state index contributed by atoms with van der Waals surface area (Å²) in [4.78, 5) is 39.5. The molecular formula is C19H27N3O3. The summed E-state index contributed by atoms with van der Waals surface area (Å²) in [6, 6.07) is 7.26. The lowest BCUT2D eigenvalue weighted by atomic mass is 10.00. The van der Waals surface area contributed by atoms with Crippen molar-refractivity contribution in [1.82, 2.24) is 4.90 Å². The van der Waals surface area contributed by atoms with Crippen molar-refractivity contribution in [1.29, 1.82) is 0 Å². The molecule has 136 valence electrons. The smallest absolute Gasteiger partial charge is 0.242 e. The van der Waals surface area contributed by atoms with E-state index < -0.39 is 0 Å². The number of nitrogens with zero attached hydrogens (tertiary/aromatic N) is 2. The zero-order valence-electron chi connectivity index (χ0n) is 15.2. The van der Waals surface area contributed by atoms with Crippen LogP contribution in [0.5, 0.6) is 0 Å². The van der Waals surface area contributed by atoms with Crippen molar-refractivity contribution < 1.29 is 14.4 Å². The van der Waals surface area contributed by atoms with Gasteiger partial charge in [-0.15, -0.1) is 0 Å². The van der Waals surface area contributed by atoms with Gasteiger partial charge in [0.1, 0.15) is 6.54 Å². The summed E-state index contributed by atoms with van der Waals surface area (Å²) in [6.07, 6.45) is 4.13. The molecule has 0 radical (unpaired) electrons. The fraction of sp³-hybridized carbons (Fsp3) is 0.526. The zero-order valence-corrected chi connectivity index (χ0v) is 15.2. The number of nitrogens with one attached hydrogen (secondary N) is 1. The topological polar surface area (TPSA) is 69.7 Å². The molecule has 1 aromatic rings. The van der Waals surface area contributed by atoms with Crippen molar-refractivity contribution in [2.45, 2.75) is 52.5 Å². The molecule has 1 heterocycles. The summed E-state index contributed by atoms with van der Waals surface area (Å²) in [5, 5.41) is 2.70. The molecule has 2 rings (SSSR count). The maximum atomic E-state index is 12.8. The van der Waals surface area contributed by atoms with Gasteiger partial charge < -0.3 is 15.1 Å². The molecule has 1 unspecified atom stereocenters. The van der Waals surface area contributed by atoms with Crippen LogP contribution in [0.1, 0.15) is 46.5 Å². The molecule has 1 aliphatic rings. The minimum absolute atomic E-state index is 0.0216. The van der Waals surface area contributed by atoms with Crippen molar-refractivity contribution in [2.24, 2.45) is 0 Å². The van der Waals surface area contributed by atoms with Gasteiger partial charge in [0.2, 0.25) is 17.7 Å². The molecule has 0 saturated carbocycles. The quantitative estimate of drug-likeness (QED) is 0.892. The predicted octanol–water partition coefficient (Wildman–Crippen LogP) is 2.79. The van der Waals surface area contributed by atoms with Crippen LogP contribution in [0.2, 0.25) is 0 Å². The van der Waals surface area contributed by atoms with Crippen LogP contribution in [-0.2, 0) is 14.4 Å². The van der Waals surface area contributed by atoms with Crippen LogP contribution in [0.3, 0.4) is 0 Å². The van der Waals surface area contributed by atoms with Crippen molar-refractivity contribution in [3.05, 3.63) is 24.3 Å². The van der Waals surface area contributed by atoms with Crippen molar-refractivity contribution >= 4 is 29.1 Å². The van der Waals surface area contributed by atoms with Crippen LogP contribution in [0.15, 0.2) is 24.3 Å². The number of hydrogen-bond donors (Lipinski definition) is 1. The average molecular weight is 345 g/mol. The van der Waals surface area contributed by atoms with Crippen LogP contribution in [0, 0.1) is 0 Å². The van der Waals surface area contributed by atoms with Gasteiger partial charge in [0.05, 0.1) is 0 Å². The fourth-order valence-corrected chi connectivity index (χ4v) is 3.32. The van der Waals surface area contributed by atoms with Crippen molar-refractivity contribution in [3.63, 3.8) is 0 Å². The first-order chi connectivity index (χ1) is 11.9. The van der Waals surface area contributed by atoms with E-state index >= 15 is 0 Å². The summed E-state index contributed by atoms with van der Waals surface area (Å²) < 4.78 is 0. The molecule has 0 bridgehead atoms. The number of benzene rings is 1. The van der Waals surface area contributed by atoms with Gasteiger partial charge in [0.25, 0.3) is 0 Å². The number of anilines is 2. The first kappa shape index (κ1) is 19.0. The number of amides is 3. The minimum Gasteiger partial charge on any atom is -0.338 e. The molecule has 3 amide bonds. The van der Waals surface area contributed by atoms with Crippen molar-refractivity contribution in [3.8, 4) is 0 Å². The predicted molar refractivity (Wildman–Crippen MR) is 98.4 cm³/mol. The van der Waals surface area contributed by atoms with Gasteiger partial charge in [0.15, 0.2) is 0 Å². The van der Waals surface area contributed by atoms with E-state index in [-0.39, 0.29) is 30.3 Å². The number of hydrogen-bond acceptors (Lipinski definition) is 3. The normalized spacial score (nSPS) is 17.1. The molecule has 1 fully saturated rings. The van der Waals surface area contributed by atoms with E-state index in [0.717, 1.165) is 32.2 Å². The van der Waals surface area contributed by atoms with E-state index in [4.69, 9.17) is 0 Å². The van der Waals surface area contributed by atoms with Crippen LogP contribution in [0.25, 0.3) is 0 Å². The number of carbonyl (C=O) groups excluding carboxylic acids is 3. The third-order valence-electron chi connectivity index (χ3n) is 4.57. The number of carbonyl (C=O) groups is 3. The minimum atomic E-state index is -0.196. The summed E-state index contributed by atoms with van der Waals surface area (Å²) in [7, 11) is 0. The lowest BCUT2D eigenvalue weighted by Crippen LogP contribution is -2.48. The molecular weight excluding hydrogens is 318 g/mol. The summed E-state index contributed by atoms with van der Waals surface area (Å²) in [5.74, 6) is -0.397. The third kappa shape index (κ3) is 5.05. The Labute approximate surface area is 149 Å². The van der Waals surface area contributed by atoms with E-state index in [9.17, 15) is 14.4 Å². The maximum absolute atomic E-state index is 12.8. The second kappa shape index (κ2) is 8.65. The Balaban J connectivity index is 2.16. The standard InChI is InChI=1S/C19H27N3O3/c1-4-17-9-5-6-11-21(17)19(25)13-22(15(3)24)18-10-7-8-16(12-18)20-14(2)23/h7-8,10,12,17H,4-6,9,11,13H2,1-3H3,(H,20,23). The highest BCUT2D eigenvalue weighted by molar-refractivity contribution is 5.98. The van der Waals surface area contributed by atoms with Crippen LogP contribution in [-0.4, -0.2) is 41.8 Å². The first-order valence-corrected chi connectivity index (χ1v) is 8.87. The molecule has 0 spiro atoms. The molecule has 1 aromatic carbocycles. The Morgan fingerprint density at radius 1 is 1.24 bits per heavy atom. The zero-order chi connectivity index (χ0) is 18.4. The van der Waals surface area contributed by atoms with Crippen LogP contribution >= 0.6 is 0 Å². The number of likely N-dealkylation sites (tertiary alicyclic amines) is 1. The summed E-state index contributed by atoms with van der Waals surface area (Å²) >= 11 is 0. The summed E-state index contributed by atoms with van der Waals surface area (Å²) in [6.45, 7) is 5.76. The van der Waals surface area contributed by atoms with Gasteiger partial charge in [-0.2, -0.15) is 0 Å². The van der Waals surface area contributed by atoms with Gasteiger partial charge >= 0.3 is 0 Å². The van der Waals surface area contributed by atoms with E-state index in [1.54, 1.807) is 24.3 Å². The highest BCUT2D eigenvalue weighted by Crippen LogP contribution is 2.23. The van der Waals surface area contributed by atoms with E-state index in [1.165, 1.54) is 18.7 Å². The molecule has 25 heavy (non-hydrogen) atoms. The Bertz CT molecular complexity index is 645. The van der Waals surface area contributed by atoms with Gasteiger partial charge in [-0.25, -0.2) is 0 Å². The second-order valence-electron chi connectivity index (χ2n) is 6.48. The van der Waals surface area contributed by atoms with E-state index in [1.807, 2.05) is 4.90 Å². The molecule has 1 atom stereocenters. The van der Waals surface area contributed by atoms with Crippen LogP contribution < -0.4 is 10.2 Å². The molecule has 1 N–H and O–H groups in total. The van der Waals surface area contributed by atoms with Gasteiger partial charge in [0, 0.05) is 37.8 Å². The second-order valence-corrected chi connectivity index (χ2v) is 6.48. The average Bonchev–Trinajstić information content (AvgIpc) is 2.58. The Morgan fingerprint density at radius 3 is 2.64 bits per heavy atom. The molecule has 1 aliphatic heterocycles. The summed E-state index contributed by atoms with van der Waals surface area (Å²) in [5.41, 5.74) is 1.21. The third-order valence-corrected chi connectivity index (χ3v) is 4.57. The van der Waals surface area contributed by atoms with E-state index in [0.29, 0.717) is 11.4 Å². The number of piperidine rings is 1. The highest BCUT2D eigenvalue weighted by atomic mass is 16.2. The molecule has 0 aromatic heterocycles. The SMILES string of the molecule is CCC1CCCCN1C(=O)CN(C(C)=O)c1cccc(NC(C)=O)c1.